The summed E-state index contributed by atoms with van der Waals surface area (Å²) in [6, 6.07) is 12.0. The molecule has 3 nitrogen and oxygen atoms in total. The molecule has 0 unspecified atom stereocenters. The van der Waals surface area contributed by atoms with Crippen LogP contribution in [0.4, 0.5) is 18.9 Å². The number of ether oxygens (including phenoxy) is 1. The molecule has 120 valence electrons. The molecule has 0 spiro atoms. The minimum absolute atomic E-state index is 0.0735. The second kappa shape index (κ2) is 7.19. The van der Waals surface area contributed by atoms with Gasteiger partial charge in [-0.2, -0.15) is 0 Å². The number of halogens is 4. The molecular weight excluding hydrogens is 331 g/mol. The Bertz CT molecular complexity index is 712. The van der Waals surface area contributed by atoms with E-state index in [0.717, 1.165) is 11.6 Å². The third-order valence-electron chi connectivity index (χ3n) is 2.67. The van der Waals surface area contributed by atoms with Crippen LogP contribution in [0.25, 0.3) is 6.08 Å². The number of alkyl halides is 3. The third kappa shape index (κ3) is 5.67. The van der Waals surface area contributed by atoms with Crippen molar-refractivity contribution in [1.82, 2.24) is 0 Å². The van der Waals surface area contributed by atoms with Crippen molar-refractivity contribution in [3.8, 4) is 5.75 Å². The number of rotatable bonds is 4. The fraction of sp³-hybridized carbons (Fsp3) is 0.0625. The standard InChI is InChI=1S/C16H11ClF3NO2/c17-12-8-5-11(6-9-12)7-10-15(22)21-13-3-1-2-4-14(13)23-16(18,19)20/h1-10H,(H,21,22)/b10-7+. The maximum Gasteiger partial charge on any atom is 0.573 e. The van der Waals surface area contributed by atoms with Crippen LogP contribution < -0.4 is 10.1 Å². The van der Waals surface area contributed by atoms with Crippen molar-refractivity contribution >= 4 is 29.3 Å². The van der Waals surface area contributed by atoms with Crippen molar-refractivity contribution in [2.24, 2.45) is 0 Å². The lowest BCUT2D eigenvalue weighted by molar-refractivity contribution is -0.274. The number of anilines is 1. The Morgan fingerprint density at radius 2 is 1.74 bits per heavy atom. The van der Waals surface area contributed by atoms with Crippen molar-refractivity contribution < 1.29 is 22.7 Å². The molecule has 2 rings (SSSR count). The molecule has 7 heteroatoms. The molecule has 0 aliphatic carbocycles. The van der Waals surface area contributed by atoms with E-state index in [9.17, 15) is 18.0 Å². The Morgan fingerprint density at radius 3 is 2.39 bits per heavy atom. The van der Waals surface area contributed by atoms with Crippen molar-refractivity contribution in [3.05, 3.63) is 65.2 Å². The van der Waals surface area contributed by atoms with Gasteiger partial charge in [0, 0.05) is 11.1 Å². The number of benzene rings is 2. The van der Waals surface area contributed by atoms with E-state index in [1.165, 1.54) is 30.4 Å². The lowest BCUT2D eigenvalue weighted by Gasteiger charge is -2.13. The van der Waals surface area contributed by atoms with Gasteiger partial charge in [0.05, 0.1) is 5.69 Å². The smallest absolute Gasteiger partial charge is 0.404 e. The summed E-state index contributed by atoms with van der Waals surface area (Å²) < 4.78 is 40.8. The van der Waals surface area contributed by atoms with Crippen molar-refractivity contribution in [2.75, 3.05) is 5.32 Å². The van der Waals surface area contributed by atoms with Crippen LogP contribution in [0.5, 0.6) is 5.75 Å². The van der Waals surface area contributed by atoms with Gasteiger partial charge < -0.3 is 10.1 Å². The molecule has 2 aromatic rings. The summed E-state index contributed by atoms with van der Waals surface area (Å²) in [5.74, 6) is -1.06. The first-order valence-corrected chi connectivity index (χ1v) is 6.81. The van der Waals surface area contributed by atoms with Crippen LogP contribution in [-0.2, 0) is 4.79 Å². The number of nitrogens with one attached hydrogen (secondary N) is 1. The Kier molecular flexibility index (Phi) is 5.28. The minimum Gasteiger partial charge on any atom is -0.404 e. The molecule has 0 fully saturated rings. The molecular formula is C16H11ClF3NO2. The van der Waals surface area contributed by atoms with E-state index in [1.807, 2.05) is 0 Å². The van der Waals surface area contributed by atoms with Gasteiger partial charge in [-0.05, 0) is 35.9 Å². The van der Waals surface area contributed by atoms with E-state index in [2.05, 4.69) is 10.1 Å². The van der Waals surface area contributed by atoms with Crippen molar-refractivity contribution in [1.29, 1.82) is 0 Å². The summed E-state index contributed by atoms with van der Waals surface area (Å²) in [4.78, 5) is 11.8. The van der Waals surface area contributed by atoms with Crippen LogP contribution in [0, 0.1) is 0 Å². The third-order valence-corrected chi connectivity index (χ3v) is 2.92. The van der Waals surface area contributed by atoms with Crippen LogP contribution in [-0.4, -0.2) is 12.3 Å². The second-order valence-corrected chi connectivity index (χ2v) is 4.85. The maximum absolute atomic E-state index is 12.3. The van der Waals surface area contributed by atoms with Crippen LogP contribution in [0.1, 0.15) is 5.56 Å². The first kappa shape index (κ1) is 16.9. The molecule has 2 aromatic carbocycles. The normalized spacial score (nSPS) is 11.5. The SMILES string of the molecule is O=C(/C=C/c1ccc(Cl)cc1)Nc1ccccc1OC(F)(F)F. The first-order valence-electron chi connectivity index (χ1n) is 6.43. The van der Waals surface area contributed by atoms with Gasteiger partial charge in [0.15, 0.2) is 5.75 Å². The van der Waals surface area contributed by atoms with Crippen LogP contribution in [0.3, 0.4) is 0 Å². The van der Waals surface area contributed by atoms with Gasteiger partial charge in [0.2, 0.25) is 5.91 Å². The fourth-order valence-corrected chi connectivity index (χ4v) is 1.83. The van der Waals surface area contributed by atoms with Gasteiger partial charge in [-0.25, -0.2) is 0 Å². The van der Waals surface area contributed by atoms with E-state index in [0.29, 0.717) is 5.02 Å². The average Bonchev–Trinajstić information content (AvgIpc) is 2.47. The second-order valence-electron chi connectivity index (χ2n) is 4.42. The van der Waals surface area contributed by atoms with Gasteiger partial charge >= 0.3 is 6.36 Å². The summed E-state index contributed by atoms with van der Waals surface area (Å²) in [5, 5.41) is 2.90. The molecule has 0 saturated carbocycles. The highest BCUT2D eigenvalue weighted by molar-refractivity contribution is 6.30. The molecule has 1 amide bonds. The lowest BCUT2D eigenvalue weighted by Crippen LogP contribution is -2.19. The largest absolute Gasteiger partial charge is 0.573 e. The molecule has 0 saturated heterocycles. The number of para-hydroxylation sites is 2. The monoisotopic (exact) mass is 341 g/mol. The number of carbonyl (C=O) groups is 1. The maximum atomic E-state index is 12.3. The number of amides is 1. The van der Waals surface area contributed by atoms with Gasteiger partial charge in [-0.1, -0.05) is 35.9 Å². The lowest BCUT2D eigenvalue weighted by atomic mass is 10.2. The Morgan fingerprint density at radius 1 is 1.09 bits per heavy atom. The summed E-state index contributed by atoms with van der Waals surface area (Å²) in [5.41, 5.74) is 0.653. The molecule has 0 aromatic heterocycles. The topological polar surface area (TPSA) is 38.3 Å². The Labute approximate surface area is 135 Å². The summed E-state index contributed by atoms with van der Waals surface area (Å²) in [7, 11) is 0. The molecule has 0 radical (unpaired) electrons. The number of hydrogen-bond donors (Lipinski definition) is 1. The highest BCUT2D eigenvalue weighted by atomic mass is 35.5. The van der Waals surface area contributed by atoms with E-state index in [-0.39, 0.29) is 5.69 Å². The van der Waals surface area contributed by atoms with E-state index in [1.54, 1.807) is 24.3 Å². The van der Waals surface area contributed by atoms with Gasteiger partial charge in [0.1, 0.15) is 0 Å². The van der Waals surface area contributed by atoms with Gasteiger partial charge in [0.25, 0.3) is 0 Å². The van der Waals surface area contributed by atoms with Crippen LogP contribution in [0.15, 0.2) is 54.6 Å². The van der Waals surface area contributed by atoms with Crippen molar-refractivity contribution in [3.63, 3.8) is 0 Å². The van der Waals surface area contributed by atoms with Crippen molar-refractivity contribution in [2.45, 2.75) is 6.36 Å². The fourth-order valence-electron chi connectivity index (χ4n) is 1.70. The zero-order valence-corrected chi connectivity index (χ0v) is 12.4. The molecule has 0 heterocycles. The van der Waals surface area contributed by atoms with Gasteiger partial charge in [-0.3, -0.25) is 4.79 Å². The van der Waals surface area contributed by atoms with Crippen LogP contribution >= 0.6 is 11.6 Å². The Hall–Kier alpha value is -2.47. The molecule has 0 bridgehead atoms. The molecule has 23 heavy (non-hydrogen) atoms. The quantitative estimate of drug-likeness (QED) is 0.804. The minimum atomic E-state index is -4.83. The Balaban J connectivity index is 2.07. The van der Waals surface area contributed by atoms with E-state index in [4.69, 9.17) is 11.6 Å². The highest BCUT2D eigenvalue weighted by Gasteiger charge is 2.32. The highest BCUT2D eigenvalue weighted by Crippen LogP contribution is 2.29. The first-order chi connectivity index (χ1) is 10.8. The summed E-state index contributed by atoms with van der Waals surface area (Å²) in [6.07, 6.45) is -2.12. The van der Waals surface area contributed by atoms with Crippen LogP contribution in [0.2, 0.25) is 5.02 Å². The molecule has 0 atom stereocenters. The average molecular weight is 342 g/mol. The molecule has 0 aliphatic heterocycles. The molecule has 0 aliphatic rings. The number of carbonyl (C=O) groups excluding carboxylic acids is 1. The zero-order valence-electron chi connectivity index (χ0n) is 11.6. The number of hydrogen-bond acceptors (Lipinski definition) is 2. The predicted octanol–water partition coefficient (Wildman–Crippen LogP) is 4.89. The summed E-state index contributed by atoms with van der Waals surface area (Å²) >= 11 is 5.74. The zero-order chi connectivity index (χ0) is 16.9. The summed E-state index contributed by atoms with van der Waals surface area (Å²) in [6.45, 7) is 0. The van der Waals surface area contributed by atoms with E-state index < -0.39 is 18.0 Å². The van der Waals surface area contributed by atoms with Gasteiger partial charge in [-0.15, -0.1) is 13.2 Å². The predicted molar refractivity (Wildman–Crippen MR) is 82.2 cm³/mol. The molecule has 1 N–H and O–H groups in total. The van der Waals surface area contributed by atoms with E-state index >= 15 is 0 Å².